The SMILES string of the molecule is CCn1cc(-c2ccc(Cl)c(CNC(C)C)c2)cn1. The molecule has 0 unspecified atom stereocenters. The lowest BCUT2D eigenvalue weighted by Gasteiger charge is -2.10. The maximum atomic E-state index is 6.24. The lowest BCUT2D eigenvalue weighted by atomic mass is 10.1. The molecule has 2 aromatic rings. The first-order valence-electron chi connectivity index (χ1n) is 6.64. The van der Waals surface area contributed by atoms with Gasteiger partial charge in [-0.15, -0.1) is 0 Å². The molecular weight excluding hydrogens is 258 g/mol. The van der Waals surface area contributed by atoms with Gasteiger partial charge in [-0.2, -0.15) is 5.10 Å². The van der Waals surface area contributed by atoms with Crippen LogP contribution in [-0.2, 0) is 13.1 Å². The molecule has 0 bridgehead atoms. The summed E-state index contributed by atoms with van der Waals surface area (Å²) in [6.07, 6.45) is 3.95. The van der Waals surface area contributed by atoms with Crippen LogP contribution in [0, 0.1) is 0 Å². The topological polar surface area (TPSA) is 29.9 Å². The molecule has 102 valence electrons. The predicted molar refractivity (Wildman–Crippen MR) is 80.3 cm³/mol. The van der Waals surface area contributed by atoms with Gasteiger partial charge in [-0.05, 0) is 30.2 Å². The van der Waals surface area contributed by atoms with Crippen molar-refractivity contribution in [2.45, 2.75) is 39.9 Å². The van der Waals surface area contributed by atoms with Crippen LogP contribution in [0.15, 0.2) is 30.6 Å². The standard InChI is InChI=1S/C15H20ClN3/c1-4-19-10-14(9-18-19)12-5-6-15(16)13(7-12)8-17-11(2)3/h5-7,9-11,17H,4,8H2,1-3H3. The van der Waals surface area contributed by atoms with Gasteiger partial charge in [0.05, 0.1) is 6.20 Å². The Morgan fingerprint density at radius 1 is 1.32 bits per heavy atom. The molecule has 19 heavy (non-hydrogen) atoms. The number of benzene rings is 1. The van der Waals surface area contributed by atoms with Crippen LogP contribution >= 0.6 is 11.6 Å². The van der Waals surface area contributed by atoms with E-state index in [4.69, 9.17) is 11.6 Å². The van der Waals surface area contributed by atoms with E-state index in [9.17, 15) is 0 Å². The van der Waals surface area contributed by atoms with Crippen molar-refractivity contribution in [1.29, 1.82) is 0 Å². The largest absolute Gasteiger partial charge is 0.310 e. The van der Waals surface area contributed by atoms with E-state index in [1.54, 1.807) is 0 Å². The number of rotatable bonds is 5. The molecule has 4 heteroatoms. The van der Waals surface area contributed by atoms with Crippen molar-refractivity contribution in [2.24, 2.45) is 0 Å². The Kier molecular flexibility index (Phi) is 4.61. The van der Waals surface area contributed by atoms with Crippen LogP contribution in [0.3, 0.4) is 0 Å². The zero-order valence-electron chi connectivity index (χ0n) is 11.7. The fourth-order valence-electron chi connectivity index (χ4n) is 1.89. The van der Waals surface area contributed by atoms with Gasteiger partial charge in [0, 0.05) is 35.9 Å². The number of nitrogens with one attached hydrogen (secondary N) is 1. The van der Waals surface area contributed by atoms with Crippen LogP contribution in [0.4, 0.5) is 0 Å². The third kappa shape index (κ3) is 3.58. The van der Waals surface area contributed by atoms with Gasteiger partial charge in [-0.25, -0.2) is 0 Å². The van der Waals surface area contributed by atoms with Crippen LogP contribution < -0.4 is 5.32 Å². The number of hydrogen-bond acceptors (Lipinski definition) is 2. The third-order valence-corrected chi connectivity index (χ3v) is 3.41. The van der Waals surface area contributed by atoms with Gasteiger partial charge in [-0.1, -0.05) is 31.5 Å². The minimum Gasteiger partial charge on any atom is -0.310 e. The summed E-state index contributed by atoms with van der Waals surface area (Å²) in [6.45, 7) is 8.00. The van der Waals surface area contributed by atoms with Gasteiger partial charge in [0.15, 0.2) is 0 Å². The Morgan fingerprint density at radius 2 is 2.11 bits per heavy atom. The van der Waals surface area contributed by atoms with Crippen LogP contribution in [0.1, 0.15) is 26.3 Å². The first kappa shape index (κ1) is 14.1. The first-order chi connectivity index (χ1) is 9.10. The van der Waals surface area contributed by atoms with Gasteiger partial charge >= 0.3 is 0 Å². The summed E-state index contributed by atoms with van der Waals surface area (Å²) in [7, 11) is 0. The monoisotopic (exact) mass is 277 g/mol. The molecule has 0 spiro atoms. The molecule has 3 nitrogen and oxygen atoms in total. The Hall–Kier alpha value is -1.32. The molecular formula is C15H20ClN3. The molecule has 2 rings (SSSR count). The van der Waals surface area contributed by atoms with Crippen LogP contribution in [0.2, 0.25) is 5.02 Å². The second-order valence-corrected chi connectivity index (χ2v) is 5.33. The highest BCUT2D eigenvalue weighted by molar-refractivity contribution is 6.31. The average Bonchev–Trinajstić information content (AvgIpc) is 2.86. The van der Waals surface area contributed by atoms with E-state index >= 15 is 0 Å². The summed E-state index contributed by atoms with van der Waals surface area (Å²) in [4.78, 5) is 0. The highest BCUT2D eigenvalue weighted by atomic mass is 35.5. The molecule has 0 aliphatic rings. The summed E-state index contributed by atoms with van der Waals surface area (Å²) < 4.78 is 1.93. The normalized spacial score (nSPS) is 11.2. The van der Waals surface area contributed by atoms with Crippen molar-refractivity contribution in [3.63, 3.8) is 0 Å². The van der Waals surface area contributed by atoms with Crippen molar-refractivity contribution in [3.05, 3.63) is 41.2 Å². The van der Waals surface area contributed by atoms with Crippen molar-refractivity contribution < 1.29 is 0 Å². The molecule has 1 aromatic carbocycles. The van der Waals surface area contributed by atoms with Crippen LogP contribution in [-0.4, -0.2) is 15.8 Å². The molecule has 0 saturated carbocycles. The highest BCUT2D eigenvalue weighted by Crippen LogP contribution is 2.25. The minimum absolute atomic E-state index is 0.447. The molecule has 1 N–H and O–H groups in total. The lowest BCUT2D eigenvalue weighted by molar-refractivity contribution is 0.589. The van der Waals surface area contributed by atoms with Crippen molar-refractivity contribution >= 4 is 11.6 Å². The summed E-state index contributed by atoms with van der Waals surface area (Å²) in [5.74, 6) is 0. The van der Waals surface area contributed by atoms with E-state index in [0.717, 1.165) is 34.8 Å². The summed E-state index contributed by atoms with van der Waals surface area (Å²) in [6, 6.07) is 6.58. The van der Waals surface area contributed by atoms with E-state index < -0.39 is 0 Å². The molecule has 0 aliphatic heterocycles. The summed E-state index contributed by atoms with van der Waals surface area (Å²) >= 11 is 6.24. The van der Waals surface area contributed by atoms with Crippen LogP contribution in [0.5, 0.6) is 0 Å². The molecule has 0 radical (unpaired) electrons. The predicted octanol–water partition coefficient (Wildman–Crippen LogP) is 3.72. The Labute approximate surface area is 119 Å². The number of nitrogens with zero attached hydrogens (tertiary/aromatic N) is 2. The number of halogens is 1. The zero-order chi connectivity index (χ0) is 13.8. The van der Waals surface area contributed by atoms with Crippen molar-refractivity contribution in [1.82, 2.24) is 15.1 Å². The Morgan fingerprint density at radius 3 is 2.74 bits per heavy atom. The Balaban J connectivity index is 2.24. The third-order valence-electron chi connectivity index (χ3n) is 3.04. The van der Waals surface area contributed by atoms with Gasteiger partial charge in [0.25, 0.3) is 0 Å². The molecule has 0 saturated heterocycles. The minimum atomic E-state index is 0.447. The van der Waals surface area contributed by atoms with Gasteiger partial charge < -0.3 is 5.32 Å². The molecule has 0 aliphatic carbocycles. The smallest absolute Gasteiger partial charge is 0.0568 e. The quantitative estimate of drug-likeness (QED) is 0.903. The van der Waals surface area contributed by atoms with Crippen molar-refractivity contribution in [3.8, 4) is 11.1 Å². The van der Waals surface area contributed by atoms with Gasteiger partial charge in [0.1, 0.15) is 0 Å². The summed E-state index contributed by atoms with van der Waals surface area (Å²) in [5.41, 5.74) is 3.41. The zero-order valence-corrected chi connectivity index (χ0v) is 12.4. The lowest BCUT2D eigenvalue weighted by Crippen LogP contribution is -2.21. The maximum Gasteiger partial charge on any atom is 0.0568 e. The van der Waals surface area contributed by atoms with E-state index in [1.165, 1.54) is 0 Å². The first-order valence-corrected chi connectivity index (χ1v) is 7.02. The number of aromatic nitrogens is 2. The van der Waals surface area contributed by atoms with E-state index in [2.05, 4.69) is 43.4 Å². The van der Waals surface area contributed by atoms with E-state index in [0.29, 0.717) is 6.04 Å². The highest BCUT2D eigenvalue weighted by Gasteiger charge is 2.06. The molecule has 0 atom stereocenters. The van der Waals surface area contributed by atoms with Gasteiger partial charge in [0.2, 0.25) is 0 Å². The van der Waals surface area contributed by atoms with E-state index in [1.807, 2.05) is 23.0 Å². The molecule has 0 amide bonds. The van der Waals surface area contributed by atoms with Gasteiger partial charge in [-0.3, -0.25) is 4.68 Å². The average molecular weight is 278 g/mol. The fourth-order valence-corrected chi connectivity index (χ4v) is 2.07. The van der Waals surface area contributed by atoms with E-state index in [-0.39, 0.29) is 0 Å². The fraction of sp³-hybridized carbons (Fsp3) is 0.400. The molecule has 1 heterocycles. The van der Waals surface area contributed by atoms with Crippen molar-refractivity contribution in [2.75, 3.05) is 0 Å². The second kappa shape index (κ2) is 6.22. The molecule has 1 aromatic heterocycles. The van der Waals surface area contributed by atoms with Crippen LogP contribution in [0.25, 0.3) is 11.1 Å². The number of aryl methyl sites for hydroxylation is 1. The second-order valence-electron chi connectivity index (χ2n) is 4.93. The maximum absolute atomic E-state index is 6.24. The number of hydrogen-bond donors (Lipinski definition) is 1. The summed E-state index contributed by atoms with van der Waals surface area (Å²) in [5, 5.41) is 8.50. The Bertz CT molecular complexity index is 546. The molecule has 0 fully saturated rings.